The lowest BCUT2D eigenvalue weighted by Gasteiger charge is -2.08. The number of benzene rings is 2. The molecular formula is C21H21N3OS. The molecule has 0 saturated carbocycles. The molecule has 0 saturated heterocycles. The number of carbonyl (C=O) groups excluding carboxylic acids is 1. The summed E-state index contributed by atoms with van der Waals surface area (Å²) < 4.78 is 0. The van der Waals surface area contributed by atoms with E-state index in [1.807, 2.05) is 19.1 Å². The number of carbonyl (C=O) groups is 1. The van der Waals surface area contributed by atoms with Crippen LogP contribution in [0.15, 0.2) is 70.5 Å². The molecule has 132 valence electrons. The Labute approximate surface area is 157 Å². The molecule has 5 heteroatoms. The highest BCUT2D eigenvalue weighted by molar-refractivity contribution is 7.99. The largest absolute Gasteiger partial charge is 0.383 e. The molecule has 0 radical (unpaired) electrons. The third-order valence-corrected chi connectivity index (χ3v) is 4.96. The van der Waals surface area contributed by atoms with Crippen LogP contribution >= 0.6 is 11.8 Å². The quantitative estimate of drug-likeness (QED) is 0.707. The number of aryl methyl sites for hydroxylation is 2. The molecule has 0 unspecified atom stereocenters. The molecule has 1 aromatic heterocycles. The van der Waals surface area contributed by atoms with Gasteiger partial charge in [0, 0.05) is 22.0 Å². The van der Waals surface area contributed by atoms with Gasteiger partial charge in [-0.25, -0.2) is 4.98 Å². The van der Waals surface area contributed by atoms with Crippen molar-refractivity contribution in [1.29, 1.82) is 0 Å². The van der Waals surface area contributed by atoms with Crippen LogP contribution < -0.4 is 11.1 Å². The smallest absolute Gasteiger partial charge is 0.255 e. The van der Waals surface area contributed by atoms with Crippen LogP contribution in [0, 0.1) is 13.8 Å². The number of amides is 1. The van der Waals surface area contributed by atoms with Crippen LogP contribution in [0.2, 0.25) is 0 Å². The lowest BCUT2D eigenvalue weighted by atomic mass is 10.2. The van der Waals surface area contributed by atoms with Crippen molar-refractivity contribution >= 4 is 23.5 Å². The minimum atomic E-state index is -0.215. The van der Waals surface area contributed by atoms with Crippen molar-refractivity contribution < 1.29 is 4.79 Å². The number of nitrogens with one attached hydrogen (secondary N) is 1. The Hall–Kier alpha value is -2.79. The molecule has 0 bridgehead atoms. The molecular weight excluding hydrogens is 342 g/mol. The van der Waals surface area contributed by atoms with Crippen LogP contribution in [0.4, 0.5) is 5.82 Å². The highest BCUT2D eigenvalue weighted by atomic mass is 32.2. The van der Waals surface area contributed by atoms with Crippen molar-refractivity contribution in [2.45, 2.75) is 30.2 Å². The summed E-state index contributed by atoms with van der Waals surface area (Å²) in [6.45, 7) is 4.37. The SMILES string of the molecule is Cc1ccc(Sc2ccc(CNC(=O)c3ccc(C)nc3N)cc2)cc1. The standard InChI is InChI=1S/C21H21N3OS/c1-14-3-8-17(9-4-14)26-18-10-6-16(7-11-18)13-23-21(25)19-12-5-15(2)24-20(19)22/h3-12H,13H2,1-2H3,(H2,22,24)(H,23,25). The Balaban J connectivity index is 1.58. The summed E-state index contributed by atoms with van der Waals surface area (Å²) in [7, 11) is 0. The van der Waals surface area contributed by atoms with Gasteiger partial charge in [0.2, 0.25) is 0 Å². The Morgan fingerprint density at radius 2 is 1.58 bits per heavy atom. The molecule has 0 aliphatic carbocycles. The Morgan fingerprint density at radius 3 is 2.19 bits per heavy atom. The average Bonchev–Trinajstić information content (AvgIpc) is 2.63. The predicted molar refractivity (Wildman–Crippen MR) is 106 cm³/mol. The lowest BCUT2D eigenvalue weighted by molar-refractivity contribution is 0.0951. The van der Waals surface area contributed by atoms with Crippen LogP contribution in [0.5, 0.6) is 0 Å². The molecule has 4 nitrogen and oxygen atoms in total. The van der Waals surface area contributed by atoms with E-state index in [1.54, 1.807) is 23.9 Å². The van der Waals surface area contributed by atoms with Gasteiger partial charge in [0.1, 0.15) is 5.82 Å². The molecule has 0 spiro atoms. The second-order valence-electron chi connectivity index (χ2n) is 6.13. The third kappa shape index (κ3) is 4.64. The summed E-state index contributed by atoms with van der Waals surface area (Å²) in [4.78, 5) is 18.7. The molecule has 3 rings (SSSR count). The number of rotatable bonds is 5. The zero-order valence-corrected chi connectivity index (χ0v) is 15.6. The van der Waals surface area contributed by atoms with E-state index < -0.39 is 0 Å². The molecule has 1 heterocycles. The summed E-state index contributed by atoms with van der Waals surface area (Å²) >= 11 is 1.72. The van der Waals surface area contributed by atoms with Crippen molar-refractivity contribution in [3.63, 3.8) is 0 Å². The topological polar surface area (TPSA) is 68.0 Å². The van der Waals surface area contributed by atoms with E-state index in [9.17, 15) is 4.79 Å². The van der Waals surface area contributed by atoms with Crippen LogP contribution in [-0.2, 0) is 6.54 Å². The minimum Gasteiger partial charge on any atom is -0.383 e. The maximum atomic E-state index is 12.3. The fraction of sp³-hybridized carbons (Fsp3) is 0.143. The first kappa shape index (κ1) is 18.0. The van der Waals surface area contributed by atoms with Gasteiger partial charge >= 0.3 is 0 Å². The van der Waals surface area contributed by atoms with Crippen LogP contribution in [0.1, 0.15) is 27.2 Å². The fourth-order valence-corrected chi connectivity index (χ4v) is 3.28. The van der Waals surface area contributed by atoms with E-state index in [0.717, 1.165) is 16.2 Å². The van der Waals surface area contributed by atoms with Gasteiger partial charge in [-0.1, -0.05) is 41.6 Å². The van der Waals surface area contributed by atoms with Crippen LogP contribution in [0.3, 0.4) is 0 Å². The fourth-order valence-electron chi connectivity index (χ4n) is 2.46. The van der Waals surface area contributed by atoms with Crippen molar-refractivity contribution in [2.24, 2.45) is 0 Å². The van der Waals surface area contributed by atoms with E-state index in [4.69, 9.17) is 5.73 Å². The molecule has 0 fully saturated rings. The van der Waals surface area contributed by atoms with Gasteiger partial charge in [-0.05, 0) is 55.8 Å². The monoisotopic (exact) mass is 363 g/mol. The summed E-state index contributed by atoms with van der Waals surface area (Å²) in [5.41, 5.74) is 9.30. The molecule has 0 aliphatic heterocycles. The predicted octanol–water partition coefficient (Wildman–Crippen LogP) is 4.36. The van der Waals surface area contributed by atoms with Crippen molar-refractivity contribution in [3.05, 3.63) is 83.0 Å². The number of hydrogen-bond donors (Lipinski definition) is 2. The zero-order valence-electron chi connectivity index (χ0n) is 14.8. The minimum absolute atomic E-state index is 0.215. The first-order valence-corrected chi connectivity index (χ1v) is 9.18. The highest BCUT2D eigenvalue weighted by Crippen LogP contribution is 2.27. The molecule has 3 aromatic rings. The first-order chi connectivity index (χ1) is 12.5. The van der Waals surface area contributed by atoms with Crippen molar-refractivity contribution in [2.75, 3.05) is 5.73 Å². The van der Waals surface area contributed by atoms with E-state index in [2.05, 4.69) is 53.6 Å². The molecule has 3 N–H and O–H groups in total. The summed E-state index contributed by atoms with van der Waals surface area (Å²) in [5.74, 6) is 0.0421. The van der Waals surface area contributed by atoms with Gasteiger partial charge in [0.05, 0.1) is 5.56 Å². The van der Waals surface area contributed by atoms with Gasteiger partial charge in [-0.2, -0.15) is 0 Å². The highest BCUT2D eigenvalue weighted by Gasteiger charge is 2.10. The first-order valence-electron chi connectivity index (χ1n) is 8.36. The van der Waals surface area contributed by atoms with Gasteiger partial charge in [0.25, 0.3) is 5.91 Å². The van der Waals surface area contributed by atoms with Crippen molar-refractivity contribution in [3.8, 4) is 0 Å². The number of hydrogen-bond acceptors (Lipinski definition) is 4. The van der Waals surface area contributed by atoms with E-state index in [1.165, 1.54) is 10.5 Å². The van der Waals surface area contributed by atoms with E-state index in [0.29, 0.717) is 12.1 Å². The molecule has 1 amide bonds. The third-order valence-electron chi connectivity index (χ3n) is 3.94. The zero-order chi connectivity index (χ0) is 18.5. The maximum Gasteiger partial charge on any atom is 0.255 e. The molecule has 2 aromatic carbocycles. The van der Waals surface area contributed by atoms with E-state index in [-0.39, 0.29) is 11.7 Å². The van der Waals surface area contributed by atoms with Gasteiger partial charge in [-0.3, -0.25) is 4.79 Å². The normalized spacial score (nSPS) is 10.5. The van der Waals surface area contributed by atoms with Crippen molar-refractivity contribution in [1.82, 2.24) is 10.3 Å². The number of nitrogens with two attached hydrogens (primary N) is 1. The number of nitrogen functional groups attached to an aromatic ring is 1. The van der Waals surface area contributed by atoms with Crippen LogP contribution in [-0.4, -0.2) is 10.9 Å². The van der Waals surface area contributed by atoms with Gasteiger partial charge in [-0.15, -0.1) is 0 Å². The Kier molecular flexibility index (Phi) is 5.58. The molecule has 0 atom stereocenters. The Bertz CT molecular complexity index is 906. The number of aromatic nitrogens is 1. The van der Waals surface area contributed by atoms with Gasteiger partial charge in [0.15, 0.2) is 0 Å². The number of pyridine rings is 1. The average molecular weight is 363 g/mol. The van der Waals surface area contributed by atoms with E-state index >= 15 is 0 Å². The summed E-state index contributed by atoms with van der Waals surface area (Å²) in [6, 6.07) is 20.1. The maximum absolute atomic E-state index is 12.3. The lowest BCUT2D eigenvalue weighted by Crippen LogP contribution is -2.24. The van der Waals surface area contributed by atoms with Crippen LogP contribution in [0.25, 0.3) is 0 Å². The number of anilines is 1. The molecule has 0 aliphatic rings. The Morgan fingerprint density at radius 1 is 0.962 bits per heavy atom. The second kappa shape index (κ2) is 8.06. The summed E-state index contributed by atoms with van der Waals surface area (Å²) in [5, 5.41) is 2.89. The summed E-state index contributed by atoms with van der Waals surface area (Å²) in [6.07, 6.45) is 0. The second-order valence-corrected chi connectivity index (χ2v) is 7.27. The number of nitrogens with zero attached hydrogens (tertiary/aromatic N) is 1. The molecule has 26 heavy (non-hydrogen) atoms. The van der Waals surface area contributed by atoms with Gasteiger partial charge < -0.3 is 11.1 Å².